The van der Waals surface area contributed by atoms with E-state index in [1.54, 1.807) is 34.3 Å². The van der Waals surface area contributed by atoms with Crippen LogP contribution in [-0.4, -0.2) is 24.3 Å². The number of hydrogen-bond acceptors (Lipinski definition) is 6. The standard InChI is InChI=1S/C19H12BrN5O2S/c20-13-4-1-3-12(9-13)18-21-17(27-23-18)11-24-6-7-25-15(19(24)26)10-14(22-25)16-5-2-8-28-16/h1-10H,11H2. The molecule has 9 heteroatoms. The fraction of sp³-hybridized carbons (Fsp3) is 0.0526. The molecule has 0 saturated heterocycles. The molecule has 28 heavy (non-hydrogen) atoms. The topological polar surface area (TPSA) is 78.2 Å². The van der Waals surface area contributed by atoms with Gasteiger partial charge in [0, 0.05) is 22.4 Å². The third-order valence-electron chi connectivity index (χ3n) is 4.23. The summed E-state index contributed by atoms with van der Waals surface area (Å²) in [6.45, 7) is 0.190. The second kappa shape index (κ2) is 6.84. The van der Waals surface area contributed by atoms with Crippen LogP contribution in [-0.2, 0) is 6.54 Å². The molecule has 0 amide bonds. The largest absolute Gasteiger partial charge is 0.337 e. The average molecular weight is 454 g/mol. The van der Waals surface area contributed by atoms with Gasteiger partial charge in [-0.3, -0.25) is 4.79 Å². The lowest BCUT2D eigenvalue weighted by Crippen LogP contribution is -2.21. The summed E-state index contributed by atoms with van der Waals surface area (Å²) in [5, 5.41) is 10.5. The Morgan fingerprint density at radius 2 is 2.07 bits per heavy atom. The van der Waals surface area contributed by atoms with Gasteiger partial charge in [-0.15, -0.1) is 11.3 Å². The van der Waals surface area contributed by atoms with E-state index in [0.717, 1.165) is 20.6 Å². The number of fused-ring (bicyclic) bond motifs is 1. The van der Waals surface area contributed by atoms with E-state index in [1.165, 1.54) is 4.57 Å². The zero-order valence-corrected chi connectivity index (χ0v) is 16.7. The fourth-order valence-electron chi connectivity index (χ4n) is 2.91. The minimum absolute atomic E-state index is 0.167. The first kappa shape index (κ1) is 17.1. The van der Waals surface area contributed by atoms with Crippen molar-refractivity contribution in [2.45, 2.75) is 6.54 Å². The van der Waals surface area contributed by atoms with Crippen LogP contribution < -0.4 is 5.56 Å². The van der Waals surface area contributed by atoms with Gasteiger partial charge in [0.1, 0.15) is 17.8 Å². The van der Waals surface area contributed by atoms with Crippen LogP contribution in [0.1, 0.15) is 5.89 Å². The van der Waals surface area contributed by atoms with Crippen LogP contribution >= 0.6 is 27.3 Å². The third kappa shape index (κ3) is 3.08. The molecule has 0 spiro atoms. The van der Waals surface area contributed by atoms with Crippen molar-refractivity contribution in [1.29, 1.82) is 0 Å². The smallest absolute Gasteiger partial charge is 0.277 e. The molecule has 0 bridgehead atoms. The maximum atomic E-state index is 12.8. The van der Waals surface area contributed by atoms with Crippen LogP contribution in [0.25, 0.3) is 27.5 Å². The van der Waals surface area contributed by atoms with Gasteiger partial charge in [-0.1, -0.05) is 39.3 Å². The first-order valence-electron chi connectivity index (χ1n) is 8.38. The predicted octanol–water partition coefficient (Wildman–Crippen LogP) is 4.09. The lowest BCUT2D eigenvalue weighted by molar-refractivity contribution is 0.370. The number of nitrogens with zero attached hydrogens (tertiary/aromatic N) is 5. The minimum Gasteiger partial charge on any atom is -0.337 e. The summed E-state index contributed by atoms with van der Waals surface area (Å²) in [6.07, 6.45) is 3.42. The molecule has 5 rings (SSSR count). The van der Waals surface area contributed by atoms with E-state index in [-0.39, 0.29) is 12.1 Å². The molecule has 5 aromatic rings. The van der Waals surface area contributed by atoms with Crippen LogP contribution in [0.15, 0.2) is 74.0 Å². The van der Waals surface area contributed by atoms with E-state index in [9.17, 15) is 4.79 Å². The summed E-state index contributed by atoms with van der Waals surface area (Å²) in [4.78, 5) is 18.3. The van der Waals surface area contributed by atoms with Gasteiger partial charge >= 0.3 is 0 Å². The van der Waals surface area contributed by atoms with Gasteiger partial charge in [-0.2, -0.15) is 10.1 Å². The molecule has 0 atom stereocenters. The second-order valence-corrected chi connectivity index (χ2v) is 7.95. The molecule has 1 aromatic carbocycles. The molecule has 0 radical (unpaired) electrons. The van der Waals surface area contributed by atoms with Crippen LogP contribution in [0.2, 0.25) is 0 Å². The van der Waals surface area contributed by atoms with E-state index in [2.05, 4.69) is 31.2 Å². The zero-order chi connectivity index (χ0) is 19.1. The molecular weight excluding hydrogens is 442 g/mol. The summed E-state index contributed by atoms with van der Waals surface area (Å²) in [5.41, 5.74) is 1.95. The summed E-state index contributed by atoms with van der Waals surface area (Å²) in [5.74, 6) is 0.842. The maximum Gasteiger partial charge on any atom is 0.277 e. The molecule has 0 unspecified atom stereocenters. The van der Waals surface area contributed by atoms with Crippen LogP contribution in [0, 0.1) is 0 Å². The Kier molecular flexibility index (Phi) is 4.18. The summed E-state index contributed by atoms with van der Waals surface area (Å²) in [7, 11) is 0. The average Bonchev–Trinajstić information content (AvgIpc) is 3.44. The van der Waals surface area contributed by atoms with Gasteiger partial charge in [0.2, 0.25) is 11.7 Å². The molecule has 0 aliphatic carbocycles. The maximum absolute atomic E-state index is 12.8. The fourth-order valence-corrected chi connectivity index (χ4v) is 3.99. The number of halogens is 1. The van der Waals surface area contributed by atoms with Gasteiger partial charge in [0.05, 0.1) is 4.88 Å². The molecule has 7 nitrogen and oxygen atoms in total. The molecule has 0 fully saturated rings. The summed E-state index contributed by atoms with van der Waals surface area (Å²) < 4.78 is 9.40. The Bertz CT molecular complexity index is 1340. The highest BCUT2D eigenvalue weighted by Crippen LogP contribution is 2.23. The number of aromatic nitrogens is 5. The van der Waals surface area contributed by atoms with Gasteiger partial charge in [-0.05, 0) is 29.6 Å². The number of rotatable bonds is 4. The highest BCUT2D eigenvalue weighted by molar-refractivity contribution is 9.10. The third-order valence-corrected chi connectivity index (χ3v) is 5.62. The van der Waals surface area contributed by atoms with E-state index < -0.39 is 0 Å². The van der Waals surface area contributed by atoms with Crippen molar-refractivity contribution in [3.05, 3.63) is 81.0 Å². The zero-order valence-electron chi connectivity index (χ0n) is 14.3. The molecule has 0 aliphatic rings. The van der Waals surface area contributed by atoms with Crippen molar-refractivity contribution in [2.75, 3.05) is 0 Å². The van der Waals surface area contributed by atoms with Crippen molar-refractivity contribution >= 4 is 32.8 Å². The summed E-state index contributed by atoms with van der Waals surface area (Å²) >= 11 is 5.01. The molecule has 4 heterocycles. The Hall–Kier alpha value is -3.04. The molecule has 138 valence electrons. The predicted molar refractivity (Wildman–Crippen MR) is 109 cm³/mol. The molecule has 4 aromatic heterocycles. The highest BCUT2D eigenvalue weighted by atomic mass is 79.9. The van der Waals surface area contributed by atoms with Crippen molar-refractivity contribution in [3.8, 4) is 22.0 Å². The van der Waals surface area contributed by atoms with E-state index >= 15 is 0 Å². The lowest BCUT2D eigenvalue weighted by atomic mass is 10.2. The Balaban J connectivity index is 1.47. The van der Waals surface area contributed by atoms with Crippen LogP contribution in [0.4, 0.5) is 0 Å². The first-order chi connectivity index (χ1) is 13.7. The van der Waals surface area contributed by atoms with Crippen molar-refractivity contribution in [1.82, 2.24) is 24.3 Å². The monoisotopic (exact) mass is 453 g/mol. The second-order valence-electron chi connectivity index (χ2n) is 6.09. The van der Waals surface area contributed by atoms with Gasteiger partial charge < -0.3 is 9.09 Å². The van der Waals surface area contributed by atoms with Crippen LogP contribution in [0.3, 0.4) is 0 Å². The summed E-state index contributed by atoms with van der Waals surface area (Å²) in [6, 6.07) is 13.4. The first-order valence-corrected chi connectivity index (χ1v) is 10.1. The highest BCUT2D eigenvalue weighted by Gasteiger charge is 2.13. The van der Waals surface area contributed by atoms with Crippen LogP contribution in [0.5, 0.6) is 0 Å². The number of thiophene rings is 1. The van der Waals surface area contributed by atoms with Crippen molar-refractivity contribution in [2.24, 2.45) is 0 Å². The normalized spacial score (nSPS) is 11.3. The quantitative estimate of drug-likeness (QED) is 0.409. The Morgan fingerprint density at radius 3 is 2.89 bits per heavy atom. The number of hydrogen-bond donors (Lipinski definition) is 0. The Morgan fingerprint density at radius 1 is 1.14 bits per heavy atom. The van der Waals surface area contributed by atoms with E-state index in [1.807, 2.05) is 41.8 Å². The lowest BCUT2D eigenvalue weighted by Gasteiger charge is -2.01. The Labute approximate surface area is 171 Å². The molecule has 0 N–H and O–H groups in total. The molecular formula is C19H12BrN5O2S. The van der Waals surface area contributed by atoms with Crippen molar-refractivity contribution in [3.63, 3.8) is 0 Å². The van der Waals surface area contributed by atoms with E-state index in [4.69, 9.17) is 4.52 Å². The van der Waals surface area contributed by atoms with E-state index in [0.29, 0.717) is 17.2 Å². The molecule has 0 saturated carbocycles. The van der Waals surface area contributed by atoms with Gasteiger partial charge in [-0.25, -0.2) is 4.52 Å². The SMILES string of the molecule is O=c1c2cc(-c3cccs3)nn2ccn1Cc1nc(-c2cccc(Br)c2)no1. The molecule has 0 aliphatic heterocycles. The minimum atomic E-state index is -0.167. The van der Waals surface area contributed by atoms with Crippen molar-refractivity contribution < 1.29 is 4.52 Å². The van der Waals surface area contributed by atoms with Gasteiger partial charge in [0.25, 0.3) is 5.56 Å². The number of benzene rings is 1. The van der Waals surface area contributed by atoms with Gasteiger partial charge in [0.15, 0.2) is 0 Å².